The molecule has 17 heavy (non-hydrogen) atoms. The highest BCUT2D eigenvalue weighted by Gasteiger charge is 2.24. The number of likely N-dealkylation sites (tertiary alicyclic amines) is 1. The molecule has 2 aliphatic rings. The monoisotopic (exact) mass is 238 g/mol. The molecule has 1 N–H and O–H groups in total. The average molecular weight is 238 g/mol. The molecule has 1 aliphatic heterocycles. The Bertz CT molecular complexity index is 211. The van der Waals surface area contributed by atoms with E-state index in [1.807, 2.05) is 0 Å². The molecular weight excluding hydrogens is 208 g/mol. The number of nitrogens with one attached hydrogen (secondary N) is 1. The number of piperidine rings is 1. The van der Waals surface area contributed by atoms with Gasteiger partial charge in [0.05, 0.1) is 0 Å². The van der Waals surface area contributed by atoms with E-state index in [2.05, 4.69) is 24.1 Å². The molecule has 100 valence electrons. The second-order valence-corrected chi connectivity index (χ2v) is 6.14. The highest BCUT2D eigenvalue weighted by molar-refractivity contribution is 4.82. The van der Waals surface area contributed by atoms with Gasteiger partial charge in [0.25, 0.3) is 0 Å². The van der Waals surface area contributed by atoms with Crippen molar-refractivity contribution in [3.8, 4) is 0 Å². The summed E-state index contributed by atoms with van der Waals surface area (Å²) in [4.78, 5) is 2.67. The third-order valence-electron chi connectivity index (χ3n) is 4.83. The van der Waals surface area contributed by atoms with E-state index in [9.17, 15) is 0 Å². The molecule has 0 spiro atoms. The highest BCUT2D eigenvalue weighted by Crippen LogP contribution is 2.27. The summed E-state index contributed by atoms with van der Waals surface area (Å²) in [5.41, 5.74) is 0. The molecule has 2 heteroatoms. The minimum absolute atomic E-state index is 0.732. The maximum atomic E-state index is 3.80. The maximum Gasteiger partial charge on any atom is 0.0192 e. The summed E-state index contributed by atoms with van der Waals surface area (Å²) < 4.78 is 0. The SMILES string of the molecule is CCC1CCC(NCC(C)N2CCCCC2)C1. The van der Waals surface area contributed by atoms with Gasteiger partial charge in [0.2, 0.25) is 0 Å². The summed E-state index contributed by atoms with van der Waals surface area (Å²) in [5, 5.41) is 3.80. The Hall–Kier alpha value is -0.0800. The van der Waals surface area contributed by atoms with Gasteiger partial charge in [0.1, 0.15) is 0 Å². The largest absolute Gasteiger partial charge is 0.312 e. The van der Waals surface area contributed by atoms with E-state index >= 15 is 0 Å². The van der Waals surface area contributed by atoms with Crippen LogP contribution in [0, 0.1) is 5.92 Å². The topological polar surface area (TPSA) is 15.3 Å². The van der Waals surface area contributed by atoms with Crippen LogP contribution in [0.15, 0.2) is 0 Å². The van der Waals surface area contributed by atoms with Crippen LogP contribution in [0.1, 0.15) is 58.8 Å². The van der Waals surface area contributed by atoms with Gasteiger partial charge in [-0.1, -0.05) is 19.8 Å². The lowest BCUT2D eigenvalue weighted by Crippen LogP contribution is -2.45. The van der Waals surface area contributed by atoms with Crippen molar-refractivity contribution in [1.29, 1.82) is 0 Å². The Morgan fingerprint density at radius 2 is 1.94 bits per heavy atom. The van der Waals surface area contributed by atoms with E-state index in [0.29, 0.717) is 0 Å². The van der Waals surface area contributed by atoms with Gasteiger partial charge in [-0.25, -0.2) is 0 Å². The Kier molecular flexibility index (Phi) is 5.30. The van der Waals surface area contributed by atoms with Crippen molar-refractivity contribution in [3.63, 3.8) is 0 Å². The molecule has 1 saturated heterocycles. The van der Waals surface area contributed by atoms with E-state index in [0.717, 1.165) is 18.0 Å². The molecule has 1 heterocycles. The normalized spacial score (nSPS) is 32.8. The Labute approximate surface area is 107 Å². The summed E-state index contributed by atoms with van der Waals surface area (Å²) in [7, 11) is 0. The van der Waals surface area contributed by atoms with E-state index < -0.39 is 0 Å². The molecular formula is C15H30N2. The predicted octanol–water partition coefficient (Wildman–Crippen LogP) is 3.03. The lowest BCUT2D eigenvalue weighted by Gasteiger charge is -2.33. The van der Waals surface area contributed by atoms with Crippen LogP contribution in [0.25, 0.3) is 0 Å². The van der Waals surface area contributed by atoms with Gasteiger partial charge in [-0.2, -0.15) is 0 Å². The van der Waals surface area contributed by atoms with Crippen molar-refractivity contribution in [2.24, 2.45) is 5.92 Å². The third-order valence-corrected chi connectivity index (χ3v) is 4.83. The molecule has 0 bridgehead atoms. The first-order valence-electron chi connectivity index (χ1n) is 7.77. The average Bonchev–Trinajstić information content (AvgIpc) is 2.85. The van der Waals surface area contributed by atoms with E-state index in [-0.39, 0.29) is 0 Å². The van der Waals surface area contributed by atoms with Crippen molar-refractivity contribution in [3.05, 3.63) is 0 Å². The number of nitrogens with zero attached hydrogens (tertiary/aromatic N) is 1. The van der Waals surface area contributed by atoms with Crippen molar-refractivity contribution in [2.45, 2.75) is 70.9 Å². The van der Waals surface area contributed by atoms with Crippen molar-refractivity contribution in [2.75, 3.05) is 19.6 Å². The second kappa shape index (κ2) is 6.75. The Morgan fingerprint density at radius 1 is 1.18 bits per heavy atom. The smallest absolute Gasteiger partial charge is 0.0192 e. The van der Waals surface area contributed by atoms with Crippen molar-refractivity contribution >= 4 is 0 Å². The maximum absolute atomic E-state index is 3.80. The standard InChI is InChI=1S/C15H30N2/c1-3-14-7-8-15(11-14)16-12-13(2)17-9-5-4-6-10-17/h13-16H,3-12H2,1-2H3. The fourth-order valence-corrected chi connectivity index (χ4v) is 3.46. The van der Waals surface area contributed by atoms with Crippen LogP contribution in [-0.2, 0) is 0 Å². The molecule has 2 fully saturated rings. The van der Waals surface area contributed by atoms with E-state index in [4.69, 9.17) is 0 Å². The zero-order valence-corrected chi connectivity index (χ0v) is 11.8. The Balaban J connectivity index is 1.64. The number of hydrogen-bond donors (Lipinski definition) is 1. The first-order chi connectivity index (χ1) is 8.29. The van der Waals surface area contributed by atoms with Gasteiger partial charge < -0.3 is 5.32 Å². The summed E-state index contributed by atoms with van der Waals surface area (Å²) in [5.74, 6) is 0.998. The van der Waals surface area contributed by atoms with Crippen LogP contribution in [-0.4, -0.2) is 36.6 Å². The summed E-state index contributed by atoms with van der Waals surface area (Å²) in [6.45, 7) is 8.57. The fourth-order valence-electron chi connectivity index (χ4n) is 3.46. The quantitative estimate of drug-likeness (QED) is 0.792. The molecule has 3 atom stereocenters. The number of rotatable bonds is 5. The minimum atomic E-state index is 0.732. The van der Waals surface area contributed by atoms with Crippen molar-refractivity contribution in [1.82, 2.24) is 10.2 Å². The third kappa shape index (κ3) is 3.96. The first kappa shape index (κ1) is 13.4. The molecule has 0 aromatic rings. The summed E-state index contributed by atoms with van der Waals surface area (Å²) in [6.07, 6.45) is 9.91. The zero-order valence-electron chi connectivity index (χ0n) is 11.8. The lowest BCUT2D eigenvalue weighted by molar-refractivity contribution is 0.168. The van der Waals surface area contributed by atoms with Crippen LogP contribution in [0.2, 0.25) is 0 Å². The lowest BCUT2D eigenvalue weighted by atomic mass is 10.1. The fraction of sp³-hybridized carbons (Fsp3) is 1.00. The molecule has 0 radical (unpaired) electrons. The molecule has 0 amide bonds. The van der Waals surface area contributed by atoms with Gasteiger partial charge in [-0.3, -0.25) is 4.90 Å². The zero-order chi connectivity index (χ0) is 12.1. The van der Waals surface area contributed by atoms with Gasteiger partial charge in [0, 0.05) is 18.6 Å². The highest BCUT2D eigenvalue weighted by atomic mass is 15.2. The molecule has 2 rings (SSSR count). The second-order valence-electron chi connectivity index (χ2n) is 6.14. The van der Waals surface area contributed by atoms with E-state index in [1.165, 1.54) is 64.6 Å². The van der Waals surface area contributed by atoms with Gasteiger partial charge in [0.15, 0.2) is 0 Å². The summed E-state index contributed by atoms with van der Waals surface area (Å²) >= 11 is 0. The molecule has 3 unspecified atom stereocenters. The first-order valence-corrected chi connectivity index (χ1v) is 7.77. The van der Waals surface area contributed by atoms with Crippen LogP contribution < -0.4 is 5.32 Å². The van der Waals surface area contributed by atoms with Gasteiger partial charge in [-0.05, 0) is 58.0 Å². The predicted molar refractivity (Wildman–Crippen MR) is 74.3 cm³/mol. The molecule has 2 nitrogen and oxygen atoms in total. The van der Waals surface area contributed by atoms with Crippen molar-refractivity contribution < 1.29 is 0 Å². The molecule has 1 saturated carbocycles. The van der Waals surface area contributed by atoms with Gasteiger partial charge >= 0.3 is 0 Å². The van der Waals surface area contributed by atoms with Crippen LogP contribution in [0.5, 0.6) is 0 Å². The molecule has 0 aromatic carbocycles. The Morgan fingerprint density at radius 3 is 2.59 bits per heavy atom. The number of hydrogen-bond acceptors (Lipinski definition) is 2. The van der Waals surface area contributed by atoms with Crippen LogP contribution in [0.3, 0.4) is 0 Å². The minimum Gasteiger partial charge on any atom is -0.312 e. The molecule has 0 aromatic heterocycles. The van der Waals surface area contributed by atoms with Gasteiger partial charge in [-0.15, -0.1) is 0 Å². The van der Waals surface area contributed by atoms with Crippen LogP contribution >= 0.6 is 0 Å². The molecule has 1 aliphatic carbocycles. The van der Waals surface area contributed by atoms with E-state index in [1.54, 1.807) is 0 Å². The summed E-state index contributed by atoms with van der Waals surface area (Å²) in [6, 6.07) is 1.54. The van der Waals surface area contributed by atoms with Crippen LogP contribution in [0.4, 0.5) is 0 Å².